The molecule has 0 spiro atoms. The number of benzene rings is 3. The minimum absolute atomic E-state index is 0.0236. The molecule has 0 unspecified atom stereocenters. The van der Waals surface area contributed by atoms with E-state index < -0.39 is 17.9 Å². The topological polar surface area (TPSA) is 107 Å². The molecule has 1 aliphatic rings. The third kappa shape index (κ3) is 5.37. The minimum Gasteiger partial charge on any atom is -0.493 e. The summed E-state index contributed by atoms with van der Waals surface area (Å²) in [6.45, 7) is 0.0915. The van der Waals surface area contributed by atoms with Crippen LogP contribution in [-0.2, 0) is 22.7 Å². The zero-order chi connectivity index (χ0) is 27.5. The standard InChI is InChI=1S/C29H23BrN2O7/c1-36-25-14-20(30)12-19(26(25)38-16-18-8-5-7-17-6-3-4-9-22(17)18)13-23-27(33)32(29(35)31-23)15-21-10-11-24(39-21)28(34)37-2/h3-14H,15-16H2,1-2H3,(H,31,35)/b23-13+. The molecule has 2 heterocycles. The van der Waals surface area contributed by atoms with E-state index in [9.17, 15) is 14.4 Å². The summed E-state index contributed by atoms with van der Waals surface area (Å²) in [4.78, 5) is 38.4. The molecule has 1 saturated heterocycles. The number of methoxy groups -OCH3 is 2. The van der Waals surface area contributed by atoms with Gasteiger partial charge >= 0.3 is 12.0 Å². The summed E-state index contributed by atoms with van der Waals surface area (Å²) in [6, 6.07) is 19.9. The lowest BCUT2D eigenvalue weighted by Gasteiger charge is -2.15. The van der Waals surface area contributed by atoms with Crippen LogP contribution >= 0.6 is 15.9 Å². The van der Waals surface area contributed by atoms with Gasteiger partial charge in [-0.2, -0.15) is 0 Å². The lowest BCUT2D eigenvalue weighted by Crippen LogP contribution is -2.30. The molecule has 3 amide bonds. The van der Waals surface area contributed by atoms with Gasteiger partial charge in [-0.1, -0.05) is 58.4 Å². The number of rotatable bonds is 8. The van der Waals surface area contributed by atoms with Crippen LogP contribution in [0.5, 0.6) is 11.5 Å². The van der Waals surface area contributed by atoms with Crippen LogP contribution in [0, 0.1) is 0 Å². The van der Waals surface area contributed by atoms with Crippen LogP contribution in [0.1, 0.15) is 27.4 Å². The van der Waals surface area contributed by atoms with E-state index in [1.807, 2.05) is 42.5 Å². The number of esters is 1. The Morgan fingerprint density at radius 1 is 1.05 bits per heavy atom. The van der Waals surface area contributed by atoms with E-state index in [2.05, 4.69) is 26.0 Å². The number of carbonyl (C=O) groups excluding carboxylic acids is 3. The Bertz CT molecular complexity index is 1620. The van der Waals surface area contributed by atoms with Crippen molar-refractivity contribution in [1.82, 2.24) is 10.2 Å². The van der Waals surface area contributed by atoms with Crippen LogP contribution in [0.2, 0.25) is 0 Å². The summed E-state index contributed by atoms with van der Waals surface area (Å²) in [5.74, 6) is -0.118. The summed E-state index contributed by atoms with van der Waals surface area (Å²) in [5, 5.41) is 4.76. The van der Waals surface area contributed by atoms with Crippen LogP contribution in [0.25, 0.3) is 16.8 Å². The molecule has 5 rings (SSSR count). The fraction of sp³-hybridized carbons (Fsp3) is 0.138. The molecule has 0 atom stereocenters. The summed E-state index contributed by atoms with van der Waals surface area (Å²) in [7, 11) is 2.76. The highest BCUT2D eigenvalue weighted by molar-refractivity contribution is 9.10. The largest absolute Gasteiger partial charge is 0.493 e. The lowest BCUT2D eigenvalue weighted by atomic mass is 10.1. The number of nitrogens with zero attached hydrogens (tertiary/aromatic N) is 1. The van der Waals surface area contributed by atoms with E-state index in [-0.39, 0.29) is 30.4 Å². The van der Waals surface area contributed by atoms with Gasteiger partial charge < -0.3 is 23.9 Å². The highest BCUT2D eigenvalue weighted by Crippen LogP contribution is 2.37. The maximum atomic E-state index is 13.2. The van der Waals surface area contributed by atoms with Gasteiger partial charge in [-0.25, -0.2) is 9.59 Å². The second-order valence-electron chi connectivity index (χ2n) is 8.59. The third-order valence-corrected chi connectivity index (χ3v) is 6.60. The minimum atomic E-state index is -0.654. The first-order chi connectivity index (χ1) is 18.9. The summed E-state index contributed by atoms with van der Waals surface area (Å²) < 4.78 is 22.6. The van der Waals surface area contributed by atoms with Gasteiger partial charge in [0, 0.05) is 10.0 Å². The van der Waals surface area contributed by atoms with Crippen molar-refractivity contribution >= 4 is 50.7 Å². The molecule has 39 heavy (non-hydrogen) atoms. The van der Waals surface area contributed by atoms with Crippen LogP contribution in [-0.4, -0.2) is 37.0 Å². The van der Waals surface area contributed by atoms with Crippen molar-refractivity contribution in [2.24, 2.45) is 0 Å². The number of ether oxygens (including phenoxy) is 3. The van der Waals surface area contributed by atoms with Crippen LogP contribution < -0.4 is 14.8 Å². The normalized spacial score (nSPS) is 14.1. The molecule has 1 aromatic heterocycles. The van der Waals surface area contributed by atoms with Crippen LogP contribution in [0.3, 0.4) is 0 Å². The van der Waals surface area contributed by atoms with Gasteiger partial charge in [0.25, 0.3) is 5.91 Å². The van der Waals surface area contributed by atoms with E-state index in [0.29, 0.717) is 21.5 Å². The average molecular weight is 591 g/mol. The molecule has 1 fully saturated rings. The molecule has 0 aliphatic carbocycles. The number of fused-ring (bicyclic) bond motifs is 1. The number of nitrogens with one attached hydrogen (secondary N) is 1. The summed E-state index contributed by atoms with van der Waals surface area (Å²) in [6.07, 6.45) is 1.54. The smallest absolute Gasteiger partial charge is 0.373 e. The van der Waals surface area contributed by atoms with Gasteiger partial charge in [-0.15, -0.1) is 0 Å². The van der Waals surface area contributed by atoms with E-state index in [4.69, 9.17) is 13.9 Å². The number of hydrogen-bond acceptors (Lipinski definition) is 7. The monoisotopic (exact) mass is 590 g/mol. The van der Waals surface area contributed by atoms with Crippen molar-refractivity contribution in [3.63, 3.8) is 0 Å². The Morgan fingerprint density at radius 3 is 2.64 bits per heavy atom. The molecular weight excluding hydrogens is 568 g/mol. The molecule has 1 N–H and O–H groups in total. The third-order valence-electron chi connectivity index (χ3n) is 6.14. The van der Waals surface area contributed by atoms with Crippen molar-refractivity contribution in [3.8, 4) is 11.5 Å². The van der Waals surface area contributed by atoms with Crippen molar-refractivity contribution in [2.75, 3.05) is 14.2 Å². The maximum absolute atomic E-state index is 13.2. The first-order valence-electron chi connectivity index (χ1n) is 11.9. The van der Waals surface area contributed by atoms with Crippen LogP contribution in [0.15, 0.2) is 81.3 Å². The molecule has 3 aromatic carbocycles. The number of halogens is 1. The predicted octanol–water partition coefficient (Wildman–Crippen LogP) is 5.66. The van der Waals surface area contributed by atoms with Crippen molar-refractivity contribution in [1.29, 1.82) is 0 Å². The van der Waals surface area contributed by atoms with Gasteiger partial charge in [-0.05, 0) is 46.7 Å². The van der Waals surface area contributed by atoms with Gasteiger partial charge in [0.05, 0.1) is 20.8 Å². The lowest BCUT2D eigenvalue weighted by molar-refractivity contribution is -0.123. The Hall–Kier alpha value is -4.57. The molecule has 198 valence electrons. The molecular formula is C29H23BrN2O7. The Balaban J connectivity index is 1.42. The predicted molar refractivity (Wildman–Crippen MR) is 146 cm³/mol. The van der Waals surface area contributed by atoms with Gasteiger partial charge in [-0.3, -0.25) is 9.69 Å². The molecule has 4 aromatic rings. The number of urea groups is 1. The quantitative estimate of drug-likeness (QED) is 0.160. The average Bonchev–Trinajstić information content (AvgIpc) is 3.52. The highest BCUT2D eigenvalue weighted by Gasteiger charge is 2.35. The molecule has 10 heteroatoms. The maximum Gasteiger partial charge on any atom is 0.373 e. The van der Waals surface area contributed by atoms with E-state index in [1.165, 1.54) is 32.4 Å². The second-order valence-corrected chi connectivity index (χ2v) is 9.51. The number of imide groups is 1. The first kappa shape index (κ1) is 26.1. The Kier molecular flexibility index (Phi) is 7.38. The zero-order valence-electron chi connectivity index (χ0n) is 21.0. The molecule has 9 nitrogen and oxygen atoms in total. The highest BCUT2D eigenvalue weighted by atomic mass is 79.9. The van der Waals surface area contributed by atoms with E-state index in [0.717, 1.165) is 21.2 Å². The zero-order valence-corrected chi connectivity index (χ0v) is 22.6. The summed E-state index contributed by atoms with van der Waals surface area (Å²) in [5.41, 5.74) is 1.56. The van der Waals surface area contributed by atoms with Gasteiger partial charge in [0.15, 0.2) is 11.5 Å². The number of carbonyl (C=O) groups is 3. The number of amides is 3. The van der Waals surface area contributed by atoms with Crippen molar-refractivity contribution in [2.45, 2.75) is 13.2 Å². The second kappa shape index (κ2) is 11.0. The fourth-order valence-corrected chi connectivity index (χ4v) is 4.72. The molecule has 0 saturated carbocycles. The van der Waals surface area contributed by atoms with Crippen molar-refractivity contribution in [3.05, 3.63) is 99.5 Å². The SMILES string of the molecule is COC(=O)c1ccc(CN2C(=O)N/C(=C/c3cc(Br)cc(OC)c3OCc3cccc4ccccc34)C2=O)o1. The van der Waals surface area contributed by atoms with Crippen molar-refractivity contribution < 1.29 is 33.0 Å². The number of furan rings is 1. The van der Waals surface area contributed by atoms with Crippen LogP contribution in [0.4, 0.5) is 4.79 Å². The molecule has 1 aliphatic heterocycles. The van der Waals surface area contributed by atoms with Gasteiger partial charge in [0.1, 0.15) is 18.1 Å². The fourth-order valence-electron chi connectivity index (χ4n) is 4.27. The van der Waals surface area contributed by atoms with E-state index in [1.54, 1.807) is 12.1 Å². The summed E-state index contributed by atoms with van der Waals surface area (Å²) >= 11 is 3.47. The Labute approximate surface area is 232 Å². The van der Waals surface area contributed by atoms with Gasteiger partial charge in [0.2, 0.25) is 5.76 Å². The number of hydrogen-bond donors (Lipinski definition) is 1. The Morgan fingerprint density at radius 2 is 1.85 bits per heavy atom. The van der Waals surface area contributed by atoms with E-state index >= 15 is 0 Å². The first-order valence-corrected chi connectivity index (χ1v) is 12.7. The molecule has 0 radical (unpaired) electrons. The molecule has 0 bridgehead atoms.